The maximum absolute atomic E-state index is 12.5. The molecule has 2 aliphatic heterocycles. The van der Waals surface area contributed by atoms with Gasteiger partial charge in [0, 0.05) is 37.9 Å². The van der Waals surface area contributed by atoms with Crippen LogP contribution in [0.4, 0.5) is 11.6 Å². The molecule has 0 bridgehead atoms. The van der Waals surface area contributed by atoms with E-state index in [1.807, 2.05) is 33.8 Å². The maximum Gasteiger partial charge on any atom is 0.340 e. The number of ether oxygens (including phenoxy) is 3. The van der Waals surface area contributed by atoms with Crippen molar-refractivity contribution in [1.82, 2.24) is 19.9 Å². The van der Waals surface area contributed by atoms with E-state index >= 15 is 0 Å². The molecule has 0 aliphatic carbocycles. The summed E-state index contributed by atoms with van der Waals surface area (Å²) in [5.41, 5.74) is 7.06. The molecule has 3 N–H and O–H groups in total. The van der Waals surface area contributed by atoms with Gasteiger partial charge in [0.15, 0.2) is 0 Å². The number of pyridine rings is 3. The Morgan fingerprint density at radius 1 is 1.23 bits per heavy atom. The molecule has 1 amide bonds. The van der Waals surface area contributed by atoms with Gasteiger partial charge in [0.1, 0.15) is 23.3 Å². The van der Waals surface area contributed by atoms with Crippen LogP contribution in [-0.2, 0) is 19.8 Å². The van der Waals surface area contributed by atoms with Gasteiger partial charge in [-0.1, -0.05) is 6.92 Å². The number of likely N-dealkylation sites (tertiary alicyclic amines) is 1. The summed E-state index contributed by atoms with van der Waals surface area (Å²) in [7, 11) is 1.60. The number of cyclic esters (lactones) is 1. The van der Waals surface area contributed by atoms with E-state index in [2.05, 4.69) is 15.3 Å². The van der Waals surface area contributed by atoms with E-state index in [1.54, 1.807) is 43.5 Å². The van der Waals surface area contributed by atoms with Crippen LogP contribution in [0.25, 0.3) is 10.8 Å². The highest BCUT2D eigenvalue weighted by molar-refractivity contribution is 5.93. The summed E-state index contributed by atoms with van der Waals surface area (Å²) in [6, 6.07) is 5.33. The number of nitrogens with two attached hydrogens (primary N) is 1. The number of hydrogen-bond donors (Lipinski definition) is 2. The van der Waals surface area contributed by atoms with Crippen molar-refractivity contribution in [2.75, 3.05) is 32.1 Å². The molecule has 206 valence electrons. The Bertz CT molecular complexity index is 1450. The van der Waals surface area contributed by atoms with Crippen LogP contribution in [0, 0.1) is 0 Å². The largest absolute Gasteiger partial charge is 0.470 e. The summed E-state index contributed by atoms with van der Waals surface area (Å²) in [6.07, 6.45) is 3.25. The lowest BCUT2D eigenvalue weighted by atomic mass is 9.84. The first kappa shape index (κ1) is 26.8. The zero-order valence-electron chi connectivity index (χ0n) is 23.1. The molecule has 0 aromatic carbocycles. The van der Waals surface area contributed by atoms with Crippen molar-refractivity contribution in [3.63, 3.8) is 0 Å². The van der Waals surface area contributed by atoms with Gasteiger partial charge in [-0.05, 0) is 44.4 Å². The number of aromatic nitrogens is 3. The first-order valence-corrected chi connectivity index (χ1v) is 12.9. The molecule has 0 saturated carbocycles. The van der Waals surface area contributed by atoms with Crippen LogP contribution < -0.4 is 15.8 Å². The van der Waals surface area contributed by atoms with Gasteiger partial charge in [0.2, 0.25) is 11.8 Å². The molecular weight excluding hydrogens is 500 g/mol. The fourth-order valence-electron chi connectivity index (χ4n) is 4.92. The van der Waals surface area contributed by atoms with Crippen LogP contribution in [0.3, 0.4) is 0 Å². The lowest BCUT2D eigenvalue weighted by Gasteiger charge is -2.38. The molecular formula is C28H34N6O5. The Labute approximate surface area is 227 Å². The van der Waals surface area contributed by atoms with Crippen LogP contribution in [0.5, 0.6) is 5.88 Å². The average molecular weight is 535 g/mol. The molecule has 2 aliphatic rings. The maximum atomic E-state index is 12.5. The number of nitrogens with zero attached hydrogens (tertiary/aromatic N) is 4. The molecule has 0 radical (unpaired) electrons. The fraction of sp³-hybridized carbons (Fsp3) is 0.464. The van der Waals surface area contributed by atoms with Crippen molar-refractivity contribution in [2.45, 2.75) is 57.8 Å². The number of methoxy groups -OCH3 is 1. The van der Waals surface area contributed by atoms with Gasteiger partial charge in [-0.3, -0.25) is 4.79 Å². The standard InChI is InChI=1S/C28H34N6O5/c1-15-24-18(26(36)39-27(15,3)4)7-8-22(33-24)32-23-9-19-20(10-30-23)25(38-17-12-34(13-17)16(2)35)31-11-21(19)28(5,29)14-37-6/h7-11,15,17H,12-14,29H2,1-6H3,(H,30,32,33)/t15-,28?/m1/s1. The third-order valence-corrected chi connectivity index (χ3v) is 7.58. The van der Waals surface area contributed by atoms with E-state index in [4.69, 9.17) is 24.9 Å². The number of esters is 1. The number of rotatable bonds is 7. The van der Waals surface area contributed by atoms with Crippen molar-refractivity contribution in [3.8, 4) is 5.88 Å². The van der Waals surface area contributed by atoms with Crippen LogP contribution >= 0.6 is 0 Å². The van der Waals surface area contributed by atoms with Gasteiger partial charge in [-0.2, -0.15) is 0 Å². The lowest BCUT2D eigenvalue weighted by Crippen LogP contribution is -2.55. The van der Waals surface area contributed by atoms with Crippen molar-refractivity contribution in [2.24, 2.45) is 5.73 Å². The zero-order valence-corrected chi connectivity index (χ0v) is 23.1. The summed E-state index contributed by atoms with van der Waals surface area (Å²) in [5.74, 6) is 1.07. The Morgan fingerprint density at radius 3 is 2.67 bits per heavy atom. The summed E-state index contributed by atoms with van der Waals surface area (Å²) >= 11 is 0. The Balaban J connectivity index is 1.50. The van der Waals surface area contributed by atoms with Gasteiger partial charge in [-0.15, -0.1) is 0 Å². The molecule has 3 aromatic rings. The summed E-state index contributed by atoms with van der Waals surface area (Å²) in [6.45, 7) is 10.5. The number of fused-ring (bicyclic) bond motifs is 2. The van der Waals surface area contributed by atoms with Crippen LogP contribution in [-0.4, -0.2) is 70.2 Å². The number of amides is 1. The SMILES string of the molecule is COCC(C)(N)c1cnc(OC2CN(C(C)=O)C2)c2cnc(Nc3ccc4c(n3)[C@@H](C)C(C)(C)OC4=O)cc12. The topological polar surface area (TPSA) is 142 Å². The highest BCUT2D eigenvalue weighted by Crippen LogP contribution is 2.38. The minimum atomic E-state index is -0.829. The quantitative estimate of drug-likeness (QED) is 0.434. The first-order chi connectivity index (χ1) is 18.4. The van der Waals surface area contributed by atoms with E-state index in [-0.39, 0.29) is 30.5 Å². The number of carbonyl (C=O) groups excluding carboxylic acids is 2. The van der Waals surface area contributed by atoms with Gasteiger partial charge >= 0.3 is 5.97 Å². The highest BCUT2D eigenvalue weighted by Gasteiger charge is 2.40. The molecule has 11 nitrogen and oxygen atoms in total. The zero-order chi connectivity index (χ0) is 28.1. The first-order valence-electron chi connectivity index (χ1n) is 12.9. The van der Waals surface area contributed by atoms with Crippen molar-refractivity contribution < 1.29 is 23.8 Å². The average Bonchev–Trinajstić information content (AvgIpc) is 2.83. The van der Waals surface area contributed by atoms with Gasteiger partial charge in [0.05, 0.1) is 41.9 Å². The highest BCUT2D eigenvalue weighted by atomic mass is 16.6. The van der Waals surface area contributed by atoms with E-state index < -0.39 is 11.1 Å². The van der Waals surface area contributed by atoms with E-state index in [1.165, 1.54) is 0 Å². The number of carbonyl (C=O) groups is 2. The van der Waals surface area contributed by atoms with Crippen molar-refractivity contribution in [3.05, 3.63) is 47.4 Å². The molecule has 0 spiro atoms. The second kappa shape index (κ2) is 9.73. The molecule has 11 heteroatoms. The molecule has 39 heavy (non-hydrogen) atoms. The Kier molecular flexibility index (Phi) is 6.68. The second-order valence-electron chi connectivity index (χ2n) is 11.1. The smallest absolute Gasteiger partial charge is 0.340 e. The summed E-state index contributed by atoms with van der Waals surface area (Å²) in [5, 5.41) is 4.77. The molecule has 5 heterocycles. The molecule has 1 fully saturated rings. The van der Waals surface area contributed by atoms with Gasteiger partial charge in [-0.25, -0.2) is 19.7 Å². The van der Waals surface area contributed by atoms with Gasteiger partial charge < -0.3 is 30.2 Å². The van der Waals surface area contributed by atoms with Crippen LogP contribution in [0.2, 0.25) is 0 Å². The van der Waals surface area contributed by atoms with E-state index in [9.17, 15) is 9.59 Å². The summed E-state index contributed by atoms with van der Waals surface area (Å²) in [4.78, 5) is 39.7. The number of hydrogen-bond acceptors (Lipinski definition) is 10. The predicted octanol–water partition coefficient (Wildman–Crippen LogP) is 3.25. The number of anilines is 2. The molecule has 2 atom stereocenters. The predicted molar refractivity (Wildman–Crippen MR) is 145 cm³/mol. The molecule has 1 unspecified atom stereocenters. The minimum Gasteiger partial charge on any atom is -0.470 e. The molecule has 3 aromatic heterocycles. The van der Waals surface area contributed by atoms with Crippen LogP contribution in [0.15, 0.2) is 30.6 Å². The second-order valence-corrected chi connectivity index (χ2v) is 11.1. The normalized spacial score (nSPS) is 20.0. The van der Waals surface area contributed by atoms with Gasteiger partial charge in [0.25, 0.3) is 0 Å². The lowest BCUT2D eigenvalue weighted by molar-refractivity contribution is -0.137. The van der Waals surface area contributed by atoms with E-state index in [0.29, 0.717) is 47.2 Å². The Morgan fingerprint density at radius 2 is 1.97 bits per heavy atom. The third kappa shape index (κ3) is 4.99. The third-order valence-electron chi connectivity index (χ3n) is 7.58. The number of nitrogens with one attached hydrogen (secondary N) is 1. The Hall–Kier alpha value is -3.83. The summed E-state index contributed by atoms with van der Waals surface area (Å²) < 4.78 is 17.1. The van der Waals surface area contributed by atoms with Crippen LogP contribution in [0.1, 0.15) is 62.2 Å². The van der Waals surface area contributed by atoms with Crippen molar-refractivity contribution >= 4 is 34.3 Å². The molecule has 1 saturated heterocycles. The monoisotopic (exact) mass is 534 g/mol. The van der Waals surface area contributed by atoms with E-state index in [0.717, 1.165) is 10.9 Å². The molecule has 5 rings (SSSR count). The van der Waals surface area contributed by atoms with Crippen molar-refractivity contribution in [1.29, 1.82) is 0 Å². The minimum absolute atomic E-state index is 0.0181. The fourth-order valence-corrected chi connectivity index (χ4v) is 4.92.